The quantitative estimate of drug-likeness (QED) is 0.753. The molecular weight excluding hydrogens is 279 g/mol. The molecule has 1 aromatic heterocycles. The zero-order valence-corrected chi connectivity index (χ0v) is 13.0. The lowest BCUT2D eigenvalue weighted by Gasteiger charge is -2.37. The molecule has 1 aromatic rings. The number of hydrogen-bond acceptors (Lipinski definition) is 5. The van der Waals surface area contributed by atoms with E-state index in [1.54, 1.807) is 44.8 Å². The summed E-state index contributed by atoms with van der Waals surface area (Å²) in [5.74, 6) is 0.286. The second-order valence-electron chi connectivity index (χ2n) is 6.29. The highest BCUT2D eigenvalue weighted by Crippen LogP contribution is 2.24. The van der Waals surface area contributed by atoms with E-state index in [1.807, 2.05) is 0 Å². The number of rotatable bonds is 5. The summed E-state index contributed by atoms with van der Waals surface area (Å²) in [7, 11) is -1.32. The molecule has 1 saturated heterocycles. The van der Waals surface area contributed by atoms with Crippen LogP contribution in [0.15, 0.2) is 12.4 Å². The summed E-state index contributed by atoms with van der Waals surface area (Å²) in [6.07, 6.45) is 3.37. The lowest BCUT2D eigenvalue weighted by molar-refractivity contribution is -0.0893. The highest BCUT2D eigenvalue weighted by Gasteiger charge is 2.37. The Morgan fingerprint density at radius 1 is 1.40 bits per heavy atom. The molecule has 0 bridgehead atoms. The molecule has 1 N–H and O–H groups in total. The lowest BCUT2D eigenvalue weighted by Crippen LogP contribution is -2.49. The van der Waals surface area contributed by atoms with Crippen LogP contribution in [0.25, 0.3) is 0 Å². The van der Waals surface area contributed by atoms with E-state index in [1.165, 1.54) is 7.48 Å². The number of aliphatic hydroxyl groups is 1. The molecule has 1 fully saturated rings. The summed E-state index contributed by atoms with van der Waals surface area (Å²) in [4.78, 5) is 0. The topological polar surface area (TPSA) is 81.4 Å². The Kier molecular flexibility index (Phi) is 3.77. The van der Waals surface area contributed by atoms with Crippen molar-refractivity contribution in [3.63, 3.8) is 0 Å². The van der Waals surface area contributed by atoms with Crippen LogP contribution in [0.3, 0.4) is 0 Å². The van der Waals surface area contributed by atoms with Gasteiger partial charge in [-0.1, -0.05) is 0 Å². The third-order valence-electron chi connectivity index (χ3n) is 3.85. The molecule has 1 aliphatic heterocycles. The van der Waals surface area contributed by atoms with Gasteiger partial charge < -0.3 is 9.76 Å². The fourth-order valence-electron chi connectivity index (χ4n) is 1.66. The summed E-state index contributed by atoms with van der Waals surface area (Å²) >= 11 is 0. The maximum Gasteiger partial charge on any atom is 0.334 e. The standard InChI is InChI=1S/C12H20BN2O4S/c1-11(2,16)12(3,4)19-13-9-5-14-15(6-9)10-7-20(17,18)8-10/h5-6,10,16H,7-8H2,1-4H3. The second kappa shape index (κ2) is 4.86. The van der Waals surface area contributed by atoms with E-state index in [0.717, 1.165) is 5.46 Å². The minimum atomic E-state index is -2.86. The van der Waals surface area contributed by atoms with Gasteiger partial charge in [0.2, 0.25) is 0 Å². The molecule has 6 nitrogen and oxygen atoms in total. The lowest BCUT2D eigenvalue weighted by atomic mass is 9.84. The molecular formula is C12H20BN2O4S. The maximum absolute atomic E-state index is 11.1. The molecule has 0 amide bonds. The summed E-state index contributed by atoms with van der Waals surface area (Å²) in [5.41, 5.74) is -0.983. The Morgan fingerprint density at radius 3 is 2.50 bits per heavy atom. The van der Waals surface area contributed by atoms with Crippen molar-refractivity contribution < 1.29 is 18.2 Å². The van der Waals surface area contributed by atoms with Crippen molar-refractivity contribution in [2.75, 3.05) is 11.5 Å². The largest absolute Gasteiger partial charge is 0.427 e. The molecule has 0 spiro atoms. The van der Waals surface area contributed by atoms with E-state index in [4.69, 9.17) is 4.65 Å². The molecule has 111 valence electrons. The van der Waals surface area contributed by atoms with Crippen LogP contribution in [0.1, 0.15) is 33.7 Å². The fourth-order valence-corrected chi connectivity index (χ4v) is 3.04. The zero-order valence-electron chi connectivity index (χ0n) is 12.2. The molecule has 1 radical (unpaired) electrons. The van der Waals surface area contributed by atoms with Gasteiger partial charge >= 0.3 is 7.48 Å². The molecule has 0 aliphatic carbocycles. The fraction of sp³-hybridized carbons (Fsp3) is 0.750. The Labute approximate surface area is 120 Å². The van der Waals surface area contributed by atoms with Crippen molar-refractivity contribution in [2.45, 2.75) is 44.9 Å². The highest BCUT2D eigenvalue weighted by molar-refractivity contribution is 7.92. The van der Waals surface area contributed by atoms with Crippen molar-refractivity contribution >= 4 is 22.8 Å². The van der Waals surface area contributed by atoms with Gasteiger partial charge in [0.1, 0.15) is 0 Å². The Balaban J connectivity index is 1.94. The minimum Gasteiger partial charge on any atom is -0.427 e. The summed E-state index contributed by atoms with van der Waals surface area (Å²) in [6, 6.07) is -0.0792. The van der Waals surface area contributed by atoms with Crippen LogP contribution in [0, 0.1) is 0 Å². The third-order valence-corrected chi connectivity index (χ3v) is 5.64. The van der Waals surface area contributed by atoms with Gasteiger partial charge in [-0.25, -0.2) is 8.42 Å². The van der Waals surface area contributed by atoms with Crippen molar-refractivity contribution in [2.24, 2.45) is 0 Å². The van der Waals surface area contributed by atoms with Crippen LogP contribution in [0.2, 0.25) is 0 Å². The maximum atomic E-state index is 11.1. The normalized spacial score (nSPS) is 19.6. The van der Waals surface area contributed by atoms with E-state index in [-0.39, 0.29) is 17.5 Å². The van der Waals surface area contributed by atoms with Gasteiger partial charge in [0.05, 0.1) is 28.7 Å². The van der Waals surface area contributed by atoms with Crippen molar-refractivity contribution in [3.05, 3.63) is 12.4 Å². The molecule has 20 heavy (non-hydrogen) atoms. The highest BCUT2D eigenvalue weighted by atomic mass is 32.2. The van der Waals surface area contributed by atoms with E-state index < -0.39 is 21.0 Å². The Morgan fingerprint density at radius 2 is 2.00 bits per heavy atom. The van der Waals surface area contributed by atoms with E-state index in [2.05, 4.69) is 5.10 Å². The van der Waals surface area contributed by atoms with Gasteiger partial charge in [-0.2, -0.15) is 5.10 Å². The number of hydrogen-bond donors (Lipinski definition) is 1. The number of sulfone groups is 1. The summed E-state index contributed by atoms with van der Waals surface area (Å²) in [5, 5.41) is 14.1. The van der Waals surface area contributed by atoms with Crippen molar-refractivity contribution in [1.82, 2.24) is 9.78 Å². The van der Waals surface area contributed by atoms with Crippen molar-refractivity contribution in [3.8, 4) is 0 Å². The second-order valence-corrected chi connectivity index (χ2v) is 8.44. The van der Waals surface area contributed by atoms with E-state index >= 15 is 0 Å². The SMILES string of the molecule is CC(C)(O)C(C)(C)O[B]c1cnn(C2CS(=O)(=O)C2)c1. The Bertz CT molecular complexity index is 577. The molecule has 0 aromatic carbocycles. The Hall–Kier alpha value is -0.855. The summed E-state index contributed by atoms with van der Waals surface area (Å²) in [6.45, 7) is 6.96. The first-order valence-electron chi connectivity index (χ1n) is 6.48. The monoisotopic (exact) mass is 299 g/mol. The summed E-state index contributed by atoms with van der Waals surface area (Å²) < 4.78 is 29.6. The average Bonchev–Trinajstić information content (AvgIpc) is 2.69. The van der Waals surface area contributed by atoms with Crippen molar-refractivity contribution in [1.29, 1.82) is 0 Å². The van der Waals surface area contributed by atoms with Crippen LogP contribution in [0.4, 0.5) is 0 Å². The predicted octanol–water partition coefficient (Wildman–Crippen LogP) is -0.337. The van der Waals surface area contributed by atoms with Gasteiger partial charge in [-0.15, -0.1) is 0 Å². The van der Waals surface area contributed by atoms with Crippen LogP contribution >= 0.6 is 0 Å². The molecule has 0 unspecified atom stereocenters. The van der Waals surface area contributed by atoms with Crippen LogP contribution in [0.5, 0.6) is 0 Å². The van der Waals surface area contributed by atoms with Gasteiger partial charge in [0, 0.05) is 12.4 Å². The van der Waals surface area contributed by atoms with E-state index in [9.17, 15) is 13.5 Å². The zero-order chi connectivity index (χ0) is 15.2. The third kappa shape index (κ3) is 3.24. The van der Waals surface area contributed by atoms with Crippen LogP contribution < -0.4 is 5.46 Å². The molecule has 1 aliphatic rings. The van der Waals surface area contributed by atoms with Gasteiger partial charge in [0.15, 0.2) is 9.84 Å². The van der Waals surface area contributed by atoms with E-state index in [0.29, 0.717) is 0 Å². The smallest absolute Gasteiger partial charge is 0.334 e. The number of aromatic nitrogens is 2. The number of nitrogens with zero attached hydrogens (tertiary/aromatic N) is 2. The first kappa shape index (κ1) is 15.5. The first-order valence-corrected chi connectivity index (χ1v) is 8.30. The average molecular weight is 299 g/mol. The van der Waals surface area contributed by atoms with Gasteiger partial charge in [-0.3, -0.25) is 4.68 Å². The van der Waals surface area contributed by atoms with Crippen LogP contribution in [-0.4, -0.2) is 53.5 Å². The molecule has 0 saturated carbocycles. The van der Waals surface area contributed by atoms with Gasteiger partial charge in [0.25, 0.3) is 0 Å². The molecule has 2 rings (SSSR count). The van der Waals surface area contributed by atoms with Gasteiger partial charge in [-0.05, 0) is 33.2 Å². The molecule has 0 atom stereocenters. The van der Waals surface area contributed by atoms with Crippen LogP contribution in [-0.2, 0) is 14.5 Å². The molecule has 2 heterocycles. The predicted molar refractivity (Wildman–Crippen MR) is 76.8 cm³/mol. The minimum absolute atomic E-state index is 0.0792. The first-order chi connectivity index (χ1) is 9.00. The molecule has 8 heteroatoms.